The predicted molar refractivity (Wildman–Crippen MR) is 152 cm³/mol. The maximum Gasteiger partial charge on any atom is 0.234 e. The minimum Gasteiger partial charge on any atom is -0.493 e. The second-order valence-electron chi connectivity index (χ2n) is 10.3. The van der Waals surface area contributed by atoms with Gasteiger partial charge in [-0.3, -0.25) is 9.59 Å². The summed E-state index contributed by atoms with van der Waals surface area (Å²) < 4.78 is 12.3. The normalized spacial score (nSPS) is 11.4. The third-order valence-corrected chi connectivity index (χ3v) is 6.75. The van der Waals surface area contributed by atoms with Crippen LogP contribution in [-0.4, -0.2) is 23.7 Å². The molecule has 0 atom stereocenters. The molecule has 1 aromatic heterocycles. The van der Waals surface area contributed by atoms with Gasteiger partial charge in [-0.2, -0.15) is 0 Å². The molecule has 38 heavy (non-hydrogen) atoms. The van der Waals surface area contributed by atoms with Crippen LogP contribution in [0.1, 0.15) is 72.4 Å². The summed E-state index contributed by atoms with van der Waals surface area (Å²) in [6.07, 6.45) is 0.477. The Bertz CT molecular complexity index is 1570. The summed E-state index contributed by atoms with van der Waals surface area (Å²) >= 11 is 0. The zero-order valence-electron chi connectivity index (χ0n) is 22.9. The zero-order valence-corrected chi connectivity index (χ0v) is 22.9. The lowest BCUT2D eigenvalue weighted by molar-refractivity contribution is 0.0964. The molecule has 0 aliphatic rings. The number of benzene rings is 3. The molecule has 0 radical (unpaired) electrons. The maximum absolute atomic E-state index is 13.2. The molecule has 0 unspecified atom stereocenters. The quantitative estimate of drug-likeness (QED) is 0.168. The third kappa shape index (κ3) is 5.26. The molecule has 5 nitrogen and oxygen atoms in total. The summed E-state index contributed by atoms with van der Waals surface area (Å²) in [5, 5.41) is 0.716. The van der Waals surface area contributed by atoms with E-state index in [1.165, 1.54) is 0 Å². The number of nitrogens with zero attached hydrogens (tertiary/aromatic N) is 1. The van der Waals surface area contributed by atoms with Gasteiger partial charge in [0.25, 0.3) is 0 Å². The Morgan fingerprint density at radius 3 is 2.26 bits per heavy atom. The molecule has 3 aromatic carbocycles. The van der Waals surface area contributed by atoms with Crippen LogP contribution >= 0.6 is 0 Å². The van der Waals surface area contributed by atoms with E-state index in [1.807, 2.05) is 82.3 Å². The molecule has 5 heteroatoms. The van der Waals surface area contributed by atoms with Crippen molar-refractivity contribution in [1.29, 1.82) is 0 Å². The molecule has 0 fully saturated rings. The number of carbonyl (C=O) groups is 2. The highest BCUT2D eigenvalue weighted by molar-refractivity contribution is 6.13. The Morgan fingerprint density at radius 2 is 1.63 bits per heavy atom. The van der Waals surface area contributed by atoms with Crippen molar-refractivity contribution in [2.75, 3.05) is 6.61 Å². The fourth-order valence-electron chi connectivity index (χ4n) is 4.60. The van der Waals surface area contributed by atoms with Crippen molar-refractivity contribution < 1.29 is 18.7 Å². The number of rotatable bonds is 9. The predicted octanol–water partition coefficient (Wildman–Crippen LogP) is 8.65. The summed E-state index contributed by atoms with van der Waals surface area (Å²) in [6, 6.07) is 17.4. The lowest BCUT2D eigenvalue weighted by Gasteiger charge is -2.15. The van der Waals surface area contributed by atoms with E-state index in [2.05, 4.69) is 4.85 Å². The van der Waals surface area contributed by atoms with Gasteiger partial charge in [0.1, 0.15) is 17.1 Å². The van der Waals surface area contributed by atoms with Gasteiger partial charge in [-0.05, 0) is 44.0 Å². The van der Waals surface area contributed by atoms with Gasteiger partial charge in [0.2, 0.25) is 5.54 Å². The second-order valence-corrected chi connectivity index (χ2v) is 10.3. The van der Waals surface area contributed by atoms with Crippen LogP contribution in [0.2, 0.25) is 0 Å². The highest BCUT2D eigenvalue weighted by Gasteiger charge is 2.29. The maximum atomic E-state index is 13.2. The topological polar surface area (TPSA) is 60.9 Å². The van der Waals surface area contributed by atoms with Crippen molar-refractivity contribution in [3.05, 3.63) is 88.3 Å². The molecule has 0 amide bonds. The average Bonchev–Trinajstić information content (AvgIpc) is 3.26. The molecular weight excluding hydrogens is 474 g/mol. The lowest BCUT2D eigenvalue weighted by atomic mass is 9.90. The number of fused-ring (bicyclic) bond motifs is 1. The van der Waals surface area contributed by atoms with Gasteiger partial charge >= 0.3 is 0 Å². The number of ketones is 2. The zero-order chi connectivity index (χ0) is 27.6. The first-order chi connectivity index (χ1) is 18.1. The molecule has 0 N–H and O–H groups in total. The van der Waals surface area contributed by atoms with E-state index in [9.17, 15) is 9.59 Å². The second kappa shape index (κ2) is 10.7. The van der Waals surface area contributed by atoms with E-state index in [0.717, 1.165) is 27.8 Å². The van der Waals surface area contributed by atoms with Crippen molar-refractivity contribution in [1.82, 2.24) is 0 Å². The van der Waals surface area contributed by atoms with E-state index >= 15 is 0 Å². The summed E-state index contributed by atoms with van der Waals surface area (Å²) in [5.41, 5.74) is 5.34. The van der Waals surface area contributed by atoms with Gasteiger partial charge in [0.05, 0.1) is 18.6 Å². The van der Waals surface area contributed by atoms with E-state index < -0.39 is 5.54 Å². The summed E-state index contributed by atoms with van der Waals surface area (Å²) in [6.45, 7) is 19.1. The molecule has 0 aliphatic heterocycles. The van der Waals surface area contributed by atoms with E-state index in [4.69, 9.17) is 15.7 Å². The van der Waals surface area contributed by atoms with Crippen LogP contribution in [0.3, 0.4) is 0 Å². The van der Waals surface area contributed by atoms with Crippen LogP contribution in [0.5, 0.6) is 5.75 Å². The molecule has 4 aromatic rings. The minimum atomic E-state index is -0.770. The molecule has 0 aliphatic carbocycles. The Kier molecular flexibility index (Phi) is 7.55. The minimum absolute atomic E-state index is 0.00409. The van der Waals surface area contributed by atoms with Crippen LogP contribution in [0, 0.1) is 20.4 Å². The molecule has 0 spiro atoms. The van der Waals surface area contributed by atoms with Crippen molar-refractivity contribution >= 4 is 22.5 Å². The Balaban J connectivity index is 1.93. The van der Waals surface area contributed by atoms with Crippen molar-refractivity contribution in [2.45, 2.75) is 59.9 Å². The largest absolute Gasteiger partial charge is 0.493 e. The smallest absolute Gasteiger partial charge is 0.234 e. The first-order valence-corrected chi connectivity index (χ1v) is 12.9. The highest BCUT2D eigenvalue weighted by Crippen LogP contribution is 2.41. The number of carbonyl (C=O) groups excluding carboxylic acids is 2. The molecule has 0 saturated heterocycles. The number of ether oxygens (including phenoxy) is 1. The Labute approximate surface area is 224 Å². The van der Waals surface area contributed by atoms with Crippen LogP contribution in [0.25, 0.3) is 38.3 Å². The van der Waals surface area contributed by atoms with Gasteiger partial charge in [-0.1, -0.05) is 48.9 Å². The number of aryl methyl sites for hydroxylation is 2. The van der Waals surface area contributed by atoms with E-state index in [-0.39, 0.29) is 18.0 Å². The van der Waals surface area contributed by atoms with Gasteiger partial charge in [0.15, 0.2) is 11.6 Å². The lowest BCUT2D eigenvalue weighted by Crippen LogP contribution is -2.20. The summed E-state index contributed by atoms with van der Waals surface area (Å²) in [5.74, 6) is 1.09. The standard InChI is InChI=1S/C33H33NO4/c1-8-27(35)31-26-17-25(23-15-12-21(4)24(16-23)28(36)19-33(5,6)34-7)29(37-9-2)18-30(26)38-32(31)22-13-10-20(3)11-14-22/h10-18H,8-9,19H2,1-6H3. The van der Waals surface area contributed by atoms with Gasteiger partial charge in [0, 0.05) is 48.4 Å². The number of hydrogen-bond donors (Lipinski definition) is 0. The first kappa shape index (κ1) is 26.9. The summed E-state index contributed by atoms with van der Waals surface area (Å²) in [4.78, 5) is 30.0. The van der Waals surface area contributed by atoms with E-state index in [1.54, 1.807) is 13.8 Å². The molecule has 0 saturated carbocycles. The van der Waals surface area contributed by atoms with Crippen molar-refractivity contribution in [3.8, 4) is 28.2 Å². The Hall–Kier alpha value is -4.17. The van der Waals surface area contributed by atoms with Crippen LogP contribution in [-0.2, 0) is 0 Å². The van der Waals surface area contributed by atoms with Crippen LogP contribution < -0.4 is 4.74 Å². The van der Waals surface area contributed by atoms with Gasteiger partial charge in [-0.15, -0.1) is 0 Å². The van der Waals surface area contributed by atoms with Crippen molar-refractivity contribution in [3.63, 3.8) is 0 Å². The monoisotopic (exact) mass is 507 g/mol. The molecular formula is C33H33NO4. The third-order valence-electron chi connectivity index (χ3n) is 6.75. The molecule has 194 valence electrons. The summed E-state index contributed by atoms with van der Waals surface area (Å²) in [7, 11) is 0. The number of hydrogen-bond acceptors (Lipinski definition) is 4. The number of furan rings is 1. The molecule has 4 rings (SSSR count). The van der Waals surface area contributed by atoms with Crippen LogP contribution in [0.4, 0.5) is 0 Å². The SMILES string of the molecule is [C-]#[N+]C(C)(C)CC(=O)c1cc(-c2cc3c(C(=O)CC)c(-c4ccc(C)cc4)oc3cc2OCC)ccc1C. The first-order valence-electron chi connectivity index (χ1n) is 12.9. The fourth-order valence-corrected chi connectivity index (χ4v) is 4.60. The highest BCUT2D eigenvalue weighted by atomic mass is 16.5. The molecule has 0 bridgehead atoms. The van der Waals surface area contributed by atoms with Crippen molar-refractivity contribution in [2.24, 2.45) is 0 Å². The van der Waals surface area contributed by atoms with Gasteiger partial charge in [-0.25, -0.2) is 6.57 Å². The Morgan fingerprint density at radius 1 is 0.947 bits per heavy atom. The fraction of sp³-hybridized carbons (Fsp3) is 0.303. The van der Waals surface area contributed by atoms with Crippen LogP contribution in [0.15, 0.2) is 59.0 Å². The molecule has 1 heterocycles. The van der Waals surface area contributed by atoms with Gasteiger partial charge < -0.3 is 14.0 Å². The average molecular weight is 508 g/mol. The number of Topliss-reactive ketones (excluding diaryl/α,β-unsaturated/α-hetero) is 2. The van der Waals surface area contributed by atoms with E-state index in [0.29, 0.717) is 46.6 Å².